The van der Waals surface area contributed by atoms with Gasteiger partial charge in [-0.3, -0.25) is 0 Å². The molecule has 19 heavy (non-hydrogen) atoms. The van der Waals surface area contributed by atoms with Gasteiger partial charge in [0.2, 0.25) is 0 Å². The molecule has 1 aromatic rings. The predicted octanol–water partition coefficient (Wildman–Crippen LogP) is 1.78. The van der Waals surface area contributed by atoms with Crippen LogP contribution in [0.3, 0.4) is 0 Å². The van der Waals surface area contributed by atoms with Gasteiger partial charge >= 0.3 is 0 Å². The number of piperidine rings is 1. The number of methoxy groups -OCH3 is 1. The summed E-state index contributed by atoms with van der Waals surface area (Å²) < 4.78 is 10.9. The van der Waals surface area contributed by atoms with Crippen LogP contribution in [0.2, 0.25) is 0 Å². The predicted molar refractivity (Wildman–Crippen MR) is 77.1 cm³/mol. The Balaban J connectivity index is 1.63. The molecule has 1 saturated heterocycles. The van der Waals surface area contributed by atoms with Crippen molar-refractivity contribution in [1.29, 1.82) is 0 Å². The molecular formula is C16H26NO2+. The molecule has 0 aliphatic carbocycles. The van der Waals surface area contributed by atoms with Gasteiger partial charge in [0.1, 0.15) is 11.5 Å². The lowest BCUT2D eigenvalue weighted by Crippen LogP contribution is -3.13. The minimum absolute atomic E-state index is 0.810. The topological polar surface area (TPSA) is 22.9 Å². The lowest BCUT2D eigenvalue weighted by molar-refractivity contribution is -0.908. The third-order valence-electron chi connectivity index (χ3n) is 3.87. The van der Waals surface area contributed by atoms with E-state index in [2.05, 4.69) is 6.92 Å². The van der Waals surface area contributed by atoms with Gasteiger partial charge in [-0.05, 0) is 37.1 Å². The highest BCUT2D eigenvalue weighted by Gasteiger charge is 2.18. The summed E-state index contributed by atoms with van der Waals surface area (Å²) in [5.41, 5.74) is 0. The van der Waals surface area contributed by atoms with Crippen molar-refractivity contribution in [3.8, 4) is 11.5 Å². The lowest BCUT2D eigenvalue weighted by atomic mass is 10.0. The van der Waals surface area contributed by atoms with Crippen LogP contribution in [0, 0.1) is 5.92 Å². The van der Waals surface area contributed by atoms with Crippen LogP contribution in [0.4, 0.5) is 0 Å². The maximum absolute atomic E-state index is 5.75. The highest BCUT2D eigenvalue weighted by molar-refractivity contribution is 5.31. The van der Waals surface area contributed by atoms with Crippen LogP contribution in [0.25, 0.3) is 0 Å². The molecule has 0 aromatic heterocycles. The zero-order valence-corrected chi connectivity index (χ0v) is 12.2. The molecule has 2 rings (SSSR count). The van der Waals surface area contributed by atoms with Gasteiger partial charge in [0, 0.05) is 12.3 Å². The van der Waals surface area contributed by atoms with Crippen molar-refractivity contribution in [3.05, 3.63) is 24.3 Å². The standard InChI is InChI=1S/C16H25NO2/c1-14-5-3-10-17(13-14)11-4-12-19-16-8-6-15(18-2)7-9-16/h6-9,14H,3-5,10-13H2,1-2H3/p+1/t14-/m0/s1. The number of hydrogen-bond acceptors (Lipinski definition) is 2. The van der Waals surface area contributed by atoms with Crippen molar-refractivity contribution in [2.75, 3.05) is 33.4 Å². The van der Waals surface area contributed by atoms with E-state index in [-0.39, 0.29) is 0 Å². The molecule has 3 nitrogen and oxygen atoms in total. The quantitative estimate of drug-likeness (QED) is 0.792. The largest absolute Gasteiger partial charge is 0.497 e. The molecule has 0 saturated carbocycles. The number of hydrogen-bond donors (Lipinski definition) is 1. The number of ether oxygens (including phenoxy) is 2. The Labute approximate surface area is 116 Å². The summed E-state index contributed by atoms with van der Waals surface area (Å²) in [6, 6.07) is 7.81. The van der Waals surface area contributed by atoms with Gasteiger partial charge < -0.3 is 14.4 Å². The van der Waals surface area contributed by atoms with Crippen molar-refractivity contribution >= 4 is 0 Å². The lowest BCUT2D eigenvalue weighted by Gasteiger charge is -2.27. The molecule has 0 radical (unpaired) electrons. The van der Waals surface area contributed by atoms with E-state index in [4.69, 9.17) is 9.47 Å². The summed E-state index contributed by atoms with van der Waals surface area (Å²) in [6.45, 7) is 7.09. The second kappa shape index (κ2) is 7.39. The van der Waals surface area contributed by atoms with E-state index in [0.29, 0.717) is 0 Å². The maximum atomic E-state index is 5.75. The Hall–Kier alpha value is -1.22. The van der Waals surface area contributed by atoms with E-state index in [1.165, 1.54) is 32.5 Å². The van der Waals surface area contributed by atoms with Crippen LogP contribution < -0.4 is 14.4 Å². The van der Waals surface area contributed by atoms with E-state index in [1.807, 2.05) is 24.3 Å². The zero-order chi connectivity index (χ0) is 13.5. The smallest absolute Gasteiger partial charge is 0.119 e. The number of benzene rings is 1. The van der Waals surface area contributed by atoms with Crippen LogP contribution in [-0.4, -0.2) is 33.4 Å². The van der Waals surface area contributed by atoms with Gasteiger partial charge in [0.15, 0.2) is 0 Å². The van der Waals surface area contributed by atoms with Gasteiger partial charge in [-0.15, -0.1) is 0 Å². The van der Waals surface area contributed by atoms with Crippen LogP contribution in [0.5, 0.6) is 11.5 Å². The molecule has 1 aromatic carbocycles. The second-order valence-corrected chi connectivity index (χ2v) is 5.58. The van der Waals surface area contributed by atoms with Gasteiger partial charge in [-0.2, -0.15) is 0 Å². The van der Waals surface area contributed by atoms with Crippen molar-refractivity contribution < 1.29 is 14.4 Å². The molecule has 1 aliphatic rings. The summed E-state index contributed by atoms with van der Waals surface area (Å²) in [5, 5.41) is 0. The molecule has 1 fully saturated rings. The highest BCUT2D eigenvalue weighted by atomic mass is 16.5. The maximum Gasteiger partial charge on any atom is 0.119 e. The average molecular weight is 264 g/mol. The summed E-state index contributed by atoms with van der Waals surface area (Å²) in [6.07, 6.45) is 3.93. The van der Waals surface area contributed by atoms with E-state index in [0.717, 1.165) is 30.4 Å². The Morgan fingerprint density at radius 2 is 1.95 bits per heavy atom. The van der Waals surface area contributed by atoms with Crippen LogP contribution in [0.1, 0.15) is 26.2 Å². The van der Waals surface area contributed by atoms with Crippen LogP contribution in [-0.2, 0) is 0 Å². The van der Waals surface area contributed by atoms with Gasteiger partial charge in [-0.25, -0.2) is 0 Å². The SMILES string of the molecule is COc1ccc(OCCC[NH+]2CCC[C@H](C)C2)cc1. The fourth-order valence-electron chi connectivity index (χ4n) is 2.81. The van der Waals surface area contributed by atoms with E-state index < -0.39 is 0 Å². The monoisotopic (exact) mass is 264 g/mol. The molecule has 3 heteroatoms. The fraction of sp³-hybridized carbons (Fsp3) is 0.625. The average Bonchev–Trinajstić information content (AvgIpc) is 2.44. The van der Waals surface area contributed by atoms with Crippen LogP contribution >= 0.6 is 0 Å². The van der Waals surface area contributed by atoms with Gasteiger partial charge in [0.25, 0.3) is 0 Å². The number of likely N-dealkylation sites (tertiary alicyclic amines) is 1. The first kappa shape index (κ1) is 14.2. The van der Waals surface area contributed by atoms with Crippen LogP contribution in [0.15, 0.2) is 24.3 Å². The number of nitrogens with one attached hydrogen (secondary N) is 1. The van der Waals surface area contributed by atoms with Gasteiger partial charge in [-0.1, -0.05) is 6.92 Å². The fourth-order valence-corrected chi connectivity index (χ4v) is 2.81. The Morgan fingerprint density at radius 3 is 2.63 bits per heavy atom. The molecular weight excluding hydrogens is 238 g/mol. The van der Waals surface area contributed by atoms with E-state index in [1.54, 1.807) is 12.0 Å². The normalized spacial score (nSPS) is 23.1. The van der Waals surface area contributed by atoms with E-state index in [9.17, 15) is 0 Å². The molecule has 106 valence electrons. The second-order valence-electron chi connectivity index (χ2n) is 5.58. The number of rotatable bonds is 6. The first-order valence-electron chi connectivity index (χ1n) is 7.38. The molecule has 1 heterocycles. The summed E-state index contributed by atoms with van der Waals surface area (Å²) >= 11 is 0. The molecule has 2 atom stereocenters. The third-order valence-corrected chi connectivity index (χ3v) is 3.87. The minimum Gasteiger partial charge on any atom is -0.497 e. The molecule has 0 bridgehead atoms. The Morgan fingerprint density at radius 1 is 1.21 bits per heavy atom. The van der Waals surface area contributed by atoms with Crippen molar-refractivity contribution in [3.63, 3.8) is 0 Å². The third kappa shape index (κ3) is 4.75. The summed E-state index contributed by atoms with van der Waals surface area (Å²) in [7, 11) is 1.68. The first-order chi connectivity index (χ1) is 9.28. The van der Waals surface area contributed by atoms with E-state index >= 15 is 0 Å². The Bertz CT molecular complexity index is 364. The molecule has 0 amide bonds. The minimum atomic E-state index is 0.810. The molecule has 1 unspecified atom stereocenters. The van der Waals surface area contributed by atoms with Crippen molar-refractivity contribution in [1.82, 2.24) is 0 Å². The molecule has 1 aliphatic heterocycles. The Kier molecular flexibility index (Phi) is 5.52. The molecule has 1 N–H and O–H groups in total. The van der Waals surface area contributed by atoms with Crippen molar-refractivity contribution in [2.45, 2.75) is 26.2 Å². The number of quaternary nitrogens is 1. The zero-order valence-electron chi connectivity index (χ0n) is 12.2. The van der Waals surface area contributed by atoms with Crippen molar-refractivity contribution in [2.24, 2.45) is 5.92 Å². The highest BCUT2D eigenvalue weighted by Crippen LogP contribution is 2.16. The summed E-state index contributed by atoms with van der Waals surface area (Å²) in [5.74, 6) is 2.70. The van der Waals surface area contributed by atoms with Gasteiger partial charge in [0.05, 0.1) is 33.4 Å². The first-order valence-corrected chi connectivity index (χ1v) is 7.38. The molecule has 0 spiro atoms. The summed E-state index contributed by atoms with van der Waals surface area (Å²) in [4.78, 5) is 1.75.